The summed E-state index contributed by atoms with van der Waals surface area (Å²) in [6.45, 7) is 1.79. The standard InChI is InChI=1S/C17H15NO3/c1-2-17(18-21-12-8-4-3-5-9-12)15(19)13-10-6-7-11-14(13)16(17)20/h3-11,18H,2H2,1H3. The zero-order chi connectivity index (χ0) is 14.9. The maximum atomic E-state index is 12.6. The molecule has 1 N–H and O–H groups in total. The molecule has 2 aromatic carbocycles. The van der Waals surface area contributed by atoms with Crippen molar-refractivity contribution in [2.75, 3.05) is 0 Å². The van der Waals surface area contributed by atoms with Crippen LogP contribution in [0.15, 0.2) is 54.6 Å². The average molecular weight is 281 g/mol. The molecule has 1 aliphatic carbocycles. The third-order valence-corrected chi connectivity index (χ3v) is 3.81. The van der Waals surface area contributed by atoms with Crippen LogP contribution in [0.4, 0.5) is 0 Å². The van der Waals surface area contributed by atoms with Crippen LogP contribution < -0.4 is 10.3 Å². The number of ketones is 2. The highest BCUT2D eigenvalue weighted by atomic mass is 16.7. The fraction of sp³-hybridized carbons (Fsp3) is 0.176. The van der Waals surface area contributed by atoms with E-state index in [9.17, 15) is 9.59 Å². The Balaban J connectivity index is 1.92. The molecule has 0 atom stereocenters. The van der Waals surface area contributed by atoms with Crippen LogP contribution in [0, 0.1) is 0 Å². The van der Waals surface area contributed by atoms with Crippen molar-refractivity contribution in [2.24, 2.45) is 0 Å². The lowest BCUT2D eigenvalue weighted by Gasteiger charge is -2.25. The molecule has 0 spiro atoms. The maximum absolute atomic E-state index is 12.6. The molecule has 0 amide bonds. The van der Waals surface area contributed by atoms with Gasteiger partial charge in [0.15, 0.2) is 17.1 Å². The number of rotatable bonds is 4. The summed E-state index contributed by atoms with van der Waals surface area (Å²) in [7, 11) is 0. The first-order chi connectivity index (χ1) is 10.2. The molecule has 106 valence electrons. The highest BCUT2D eigenvalue weighted by molar-refractivity contribution is 6.32. The van der Waals surface area contributed by atoms with Crippen molar-refractivity contribution >= 4 is 11.6 Å². The zero-order valence-corrected chi connectivity index (χ0v) is 11.6. The van der Waals surface area contributed by atoms with Crippen LogP contribution in [0.1, 0.15) is 34.1 Å². The average Bonchev–Trinajstić information content (AvgIpc) is 2.76. The third-order valence-electron chi connectivity index (χ3n) is 3.81. The minimum Gasteiger partial charge on any atom is -0.407 e. The fourth-order valence-electron chi connectivity index (χ4n) is 2.56. The summed E-state index contributed by atoms with van der Waals surface area (Å²) < 4.78 is 0. The summed E-state index contributed by atoms with van der Waals surface area (Å²) in [5.74, 6) is 0.0879. The summed E-state index contributed by atoms with van der Waals surface area (Å²) in [6.07, 6.45) is 0.326. The number of benzene rings is 2. The lowest BCUT2D eigenvalue weighted by atomic mass is 9.91. The van der Waals surface area contributed by atoms with Gasteiger partial charge in [0.05, 0.1) is 0 Å². The molecular weight excluding hydrogens is 266 g/mol. The van der Waals surface area contributed by atoms with Gasteiger partial charge in [-0.2, -0.15) is 0 Å². The Bertz CT molecular complexity index is 659. The minimum absolute atomic E-state index is 0.235. The second kappa shape index (κ2) is 5.14. The number of carbonyl (C=O) groups is 2. The van der Waals surface area contributed by atoms with E-state index in [-0.39, 0.29) is 11.6 Å². The largest absolute Gasteiger partial charge is 0.407 e. The Morgan fingerprint density at radius 3 is 1.95 bits per heavy atom. The van der Waals surface area contributed by atoms with Crippen molar-refractivity contribution < 1.29 is 14.4 Å². The van der Waals surface area contributed by atoms with Gasteiger partial charge in [-0.25, -0.2) is 0 Å². The van der Waals surface area contributed by atoms with Gasteiger partial charge in [-0.05, 0) is 18.6 Å². The molecule has 0 unspecified atom stereocenters. The Kier molecular flexibility index (Phi) is 3.31. The van der Waals surface area contributed by atoms with Gasteiger partial charge in [0.25, 0.3) is 0 Å². The normalized spacial score (nSPS) is 15.9. The second-order valence-electron chi connectivity index (χ2n) is 4.98. The molecule has 3 rings (SSSR count). The number of hydroxylamine groups is 1. The zero-order valence-electron chi connectivity index (χ0n) is 11.6. The topological polar surface area (TPSA) is 55.4 Å². The molecule has 4 nitrogen and oxygen atoms in total. The lowest BCUT2D eigenvalue weighted by Crippen LogP contribution is -2.55. The first-order valence-electron chi connectivity index (χ1n) is 6.87. The van der Waals surface area contributed by atoms with E-state index in [1.807, 2.05) is 18.2 Å². The summed E-state index contributed by atoms with van der Waals surface area (Å²) in [4.78, 5) is 30.7. The molecular formula is C17H15NO3. The highest BCUT2D eigenvalue weighted by Crippen LogP contribution is 2.32. The van der Waals surface area contributed by atoms with Gasteiger partial charge in [0, 0.05) is 11.1 Å². The van der Waals surface area contributed by atoms with Crippen molar-refractivity contribution in [2.45, 2.75) is 18.9 Å². The molecule has 0 aliphatic heterocycles. The van der Waals surface area contributed by atoms with E-state index in [2.05, 4.69) is 5.48 Å². The fourth-order valence-corrected chi connectivity index (χ4v) is 2.56. The molecule has 0 saturated carbocycles. The van der Waals surface area contributed by atoms with Gasteiger partial charge in [-0.15, -0.1) is 5.48 Å². The smallest absolute Gasteiger partial charge is 0.194 e. The summed E-state index contributed by atoms with van der Waals surface area (Å²) in [5.41, 5.74) is 2.28. The molecule has 0 saturated heterocycles. The van der Waals surface area contributed by atoms with E-state index in [1.165, 1.54) is 0 Å². The van der Waals surface area contributed by atoms with Crippen LogP contribution >= 0.6 is 0 Å². The maximum Gasteiger partial charge on any atom is 0.194 e. The Morgan fingerprint density at radius 2 is 1.43 bits per heavy atom. The number of fused-ring (bicyclic) bond motifs is 1. The van der Waals surface area contributed by atoms with E-state index < -0.39 is 5.54 Å². The predicted molar refractivity (Wildman–Crippen MR) is 78.3 cm³/mol. The van der Waals surface area contributed by atoms with Crippen molar-refractivity contribution in [3.8, 4) is 5.75 Å². The van der Waals surface area contributed by atoms with Crippen LogP contribution in [0.2, 0.25) is 0 Å². The van der Waals surface area contributed by atoms with Crippen molar-refractivity contribution in [3.63, 3.8) is 0 Å². The summed E-state index contributed by atoms with van der Waals surface area (Å²) >= 11 is 0. The third kappa shape index (κ3) is 2.04. The number of carbonyl (C=O) groups excluding carboxylic acids is 2. The van der Waals surface area contributed by atoms with Gasteiger partial charge in [-0.3, -0.25) is 9.59 Å². The first-order valence-corrected chi connectivity index (χ1v) is 6.87. The second-order valence-corrected chi connectivity index (χ2v) is 4.98. The van der Waals surface area contributed by atoms with Crippen molar-refractivity contribution in [1.82, 2.24) is 5.48 Å². The molecule has 0 heterocycles. The highest BCUT2D eigenvalue weighted by Gasteiger charge is 2.52. The Morgan fingerprint density at radius 1 is 0.905 bits per heavy atom. The molecule has 4 heteroatoms. The van der Waals surface area contributed by atoms with E-state index >= 15 is 0 Å². The molecule has 0 aromatic heterocycles. The SMILES string of the molecule is CCC1(NOc2ccccc2)C(=O)c2ccccc2C1=O. The minimum atomic E-state index is -1.33. The molecule has 0 fully saturated rings. The number of Topliss-reactive ketones (excluding diaryl/α,β-unsaturated/α-hetero) is 2. The van der Waals surface area contributed by atoms with Crippen LogP contribution in [-0.4, -0.2) is 17.1 Å². The van der Waals surface area contributed by atoms with Gasteiger partial charge in [-0.1, -0.05) is 49.4 Å². The van der Waals surface area contributed by atoms with Crippen molar-refractivity contribution in [1.29, 1.82) is 0 Å². The van der Waals surface area contributed by atoms with Gasteiger partial charge < -0.3 is 4.84 Å². The quantitative estimate of drug-likeness (QED) is 0.691. The van der Waals surface area contributed by atoms with Gasteiger partial charge >= 0.3 is 0 Å². The Hall–Kier alpha value is -2.46. The number of para-hydroxylation sites is 1. The first kappa shape index (κ1) is 13.5. The summed E-state index contributed by atoms with van der Waals surface area (Å²) in [6, 6.07) is 15.9. The molecule has 21 heavy (non-hydrogen) atoms. The van der Waals surface area contributed by atoms with E-state index in [1.54, 1.807) is 43.3 Å². The van der Waals surface area contributed by atoms with Crippen LogP contribution in [0.3, 0.4) is 0 Å². The van der Waals surface area contributed by atoms with E-state index in [0.717, 1.165) is 0 Å². The van der Waals surface area contributed by atoms with Gasteiger partial charge in [0.1, 0.15) is 5.75 Å². The van der Waals surface area contributed by atoms with Crippen LogP contribution in [0.25, 0.3) is 0 Å². The number of hydrogen-bond donors (Lipinski definition) is 1. The van der Waals surface area contributed by atoms with E-state index in [0.29, 0.717) is 23.3 Å². The van der Waals surface area contributed by atoms with Crippen molar-refractivity contribution in [3.05, 3.63) is 65.7 Å². The van der Waals surface area contributed by atoms with Gasteiger partial charge in [0.2, 0.25) is 0 Å². The Labute approximate surface area is 122 Å². The molecule has 0 bridgehead atoms. The molecule has 1 aliphatic rings. The monoisotopic (exact) mass is 281 g/mol. The van der Waals surface area contributed by atoms with E-state index in [4.69, 9.17) is 4.84 Å². The molecule has 2 aromatic rings. The van der Waals surface area contributed by atoms with Crippen LogP contribution in [-0.2, 0) is 0 Å². The molecule has 0 radical (unpaired) electrons. The number of hydrogen-bond acceptors (Lipinski definition) is 4. The van der Waals surface area contributed by atoms with Crippen LogP contribution in [0.5, 0.6) is 5.75 Å². The predicted octanol–water partition coefficient (Wildman–Crippen LogP) is 2.80. The summed E-state index contributed by atoms with van der Waals surface area (Å²) in [5, 5.41) is 0. The number of nitrogens with one attached hydrogen (secondary N) is 1. The lowest BCUT2D eigenvalue weighted by molar-refractivity contribution is 0.0511.